The second-order valence-corrected chi connectivity index (χ2v) is 7.89. The van der Waals surface area contributed by atoms with E-state index in [0.29, 0.717) is 13.0 Å². The number of carbonyl (C=O) groups is 4. The highest BCUT2D eigenvalue weighted by Gasteiger charge is 2.36. The molecule has 0 spiro atoms. The zero-order valence-corrected chi connectivity index (χ0v) is 17.3. The number of aliphatic hydroxyl groups is 1. The number of carbonyl (C=O) groups excluding carboxylic acids is 4. The lowest BCUT2D eigenvalue weighted by atomic mass is 9.80. The van der Waals surface area contributed by atoms with Crippen molar-refractivity contribution in [1.29, 1.82) is 0 Å². The molecule has 11 nitrogen and oxygen atoms in total. The molecule has 4 amide bonds. The van der Waals surface area contributed by atoms with Gasteiger partial charge < -0.3 is 36.1 Å². The van der Waals surface area contributed by atoms with E-state index in [1.807, 2.05) is 0 Å². The molecule has 1 unspecified atom stereocenters. The van der Waals surface area contributed by atoms with Crippen molar-refractivity contribution in [2.75, 3.05) is 13.2 Å². The Bertz CT molecular complexity index is 642. The summed E-state index contributed by atoms with van der Waals surface area (Å²) in [5.41, 5.74) is 0. The van der Waals surface area contributed by atoms with E-state index in [1.54, 1.807) is 0 Å². The molecule has 2 aliphatic rings. The summed E-state index contributed by atoms with van der Waals surface area (Å²) in [5.74, 6) is -2.74. The fourth-order valence-electron chi connectivity index (χ4n) is 3.81. The maximum Gasteiger partial charge on any atom is 0.478 e. The Kier molecular flexibility index (Phi) is 9.06. The standard InChI is InChI=1S/C18H31BN4O7/c1-10(24)15(17(27)20-9-14(26)22-13-7-8-30-19(13)29)23-18(28)16(21-11(2)25)12-5-3-4-6-12/h10,12-13,15-16,24,29H,3-9H2,1-2H3,(H,20,27)(H,21,25)(H,22,26)(H,23,28)/t10?,13-,15-,16-/m0/s1. The van der Waals surface area contributed by atoms with Crippen LogP contribution in [0.3, 0.4) is 0 Å². The normalized spacial score (nSPS) is 22.1. The average molecular weight is 426 g/mol. The Morgan fingerprint density at radius 1 is 1.10 bits per heavy atom. The fraction of sp³-hybridized carbons (Fsp3) is 0.778. The summed E-state index contributed by atoms with van der Waals surface area (Å²) in [6, 6.07) is -2.07. The predicted octanol–water partition coefficient (Wildman–Crippen LogP) is -2.41. The molecule has 2 rings (SSSR count). The van der Waals surface area contributed by atoms with E-state index < -0.39 is 49.0 Å². The van der Waals surface area contributed by atoms with Crippen molar-refractivity contribution in [2.24, 2.45) is 5.92 Å². The monoisotopic (exact) mass is 426 g/mol. The molecule has 0 aromatic rings. The van der Waals surface area contributed by atoms with Crippen molar-refractivity contribution in [3.8, 4) is 0 Å². The van der Waals surface area contributed by atoms with Crippen molar-refractivity contribution in [2.45, 2.75) is 70.1 Å². The van der Waals surface area contributed by atoms with Crippen LogP contribution in [0, 0.1) is 5.92 Å². The largest absolute Gasteiger partial charge is 0.478 e. The van der Waals surface area contributed by atoms with E-state index in [-0.39, 0.29) is 18.4 Å². The van der Waals surface area contributed by atoms with Gasteiger partial charge in [0.25, 0.3) is 0 Å². The molecule has 6 N–H and O–H groups in total. The average Bonchev–Trinajstić information content (AvgIpc) is 3.34. The van der Waals surface area contributed by atoms with Gasteiger partial charge in [0.15, 0.2) is 0 Å². The van der Waals surface area contributed by atoms with Gasteiger partial charge >= 0.3 is 7.12 Å². The molecule has 1 heterocycles. The van der Waals surface area contributed by atoms with E-state index in [0.717, 1.165) is 25.7 Å². The second-order valence-electron chi connectivity index (χ2n) is 7.89. The number of hydrogen-bond donors (Lipinski definition) is 6. The highest BCUT2D eigenvalue weighted by atomic mass is 16.5. The molecule has 1 saturated heterocycles. The lowest BCUT2D eigenvalue weighted by molar-refractivity contribution is -0.135. The van der Waals surface area contributed by atoms with Gasteiger partial charge in [-0.3, -0.25) is 19.2 Å². The summed E-state index contributed by atoms with van der Waals surface area (Å²) < 4.78 is 4.94. The van der Waals surface area contributed by atoms with Gasteiger partial charge in [0.2, 0.25) is 23.6 Å². The molecule has 0 bridgehead atoms. The fourth-order valence-corrected chi connectivity index (χ4v) is 3.81. The van der Waals surface area contributed by atoms with Crippen LogP contribution in [-0.4, -0.2) is 78.2 Å². The van der Waals surface area contributed by atoms with Crippen LogP contribution in [0.2, 0.25) is 0 Å². The van der Waals surface area contributed by atoms with E-state index in [9.17, 15) is 29.3 Å². The smallest absolute Gasteiger partial charge is 0.426 e. The molecular formula is C18H31BN4O7. The van der Waals surface area contributed by atoms with Crippen molar-refractivity contribution >= 4 is 30.7 Å². The first-order chi connectivity index (χ1) is 14.2. The molecule has 1 saturated carbocycles. The van der Waals surface area contributed by atoms with Crippen LogP contribution in [0.5, 0.6) is 0 Å². The zero-order valence-electron chi connectivity index (χ0n) is 17.3. The van der Waals surface area contributed by atoms with Crippen molar-refractivity contribution in [1.82, 2.24) is 21.3 Å². The molecule has 0 aromatic carbocycles. The minimum Gasteiger partial charge on any atom is -0.426 e. The first kappa shape index (κ1) is 24.1. The van der Waals surface area contributed by atoms with E-state index in [2.05, 4.69) is 21.3 Å². The Labute approximate surface area is 175 Å². The SMILES string of the molecule is CC(=O)N[C@H](C(=O)N[C@H](C(=O)NCC(=O)N[C@H]1CCOB1O)C(C)O)C1CCCC1. The van der Waals surface area contributed by atoms with Gasteiger partial charge in [-0.05, 0) is 32.1 Å². The van der Waals surface area contributed by atoms with Crippen LogP contribution in [0.25, 0.3) is 0 Å². The Morgan fingerprint density at radius 3 is 2.30 bits per heavy atom. The van der Waals surface area contributed by atoms with Gasteiger partial charge in [-0.1, -0.05) is 12.8 Å². The molecule has 0 radical (unpaired) electrons. The highest BCUT2D eigenvalue weighted by molar-refractivity contribution is 6.46. The second kappa shape index (κ2) is 11.3. The molecule has 1 aliphatic heterocycles. The summed E-state index contributed by atoms with van der Waals surface area (Å²) in [5, 5.41) is 29.6. The molecule has 4 atom stereocenters. The molecule has 12 heteroatoms. The van der Waals surface area contributed by atoms with Gasteiger partial charge in [0.05, 0.1) is 18.6 Å². The predicted molar refractivity (Wildman–Crippen MR) is 107 cm³/mol. The molecule has 1 aliphatic carbocycles. The quantitative estimate of drug-likeness (QED) is 0.223. The maximum absolute atomic E-state index is 12.8. The Morgan fingerprint density at radius 2 is 1.77 bits per heavy atom. The van der Waals surface area contributed by atoms with Gasteiger partial charge in [-0.15, -0.1) is 0 Å². The maximum atomic E-state index is 12.8. The molecule has 30 heavy (non-hydrogen) atoms. The van der Waals surface area contributed by atoms with Gasteiger partial charge in [0, 0.05) is 13.5 Å². The van der Waals surface area contributed by atoms with Crippen molar-refractivity contribution in [3.63, 3.8) is 0 Å². The van der Waals surface area contributed by atoms with E-state index in [1.165, 1.54) is 13.8 Å². The zero-order chi connectivity index (χ0) is 22.3. The lowest BCUT2D eigenvalue weighted by Crippen LogP contribution is -2.59. The topological polar surface area (TPSA) is 166 Å². The summed E-state index contributed by atoms with van der Waals surface area (Å²) in [4.78, 5) is 48.7. The highest BCUT2D eigenvalue weighted by Crippen LogP contribution is 2.28. The first-order valence-electron chi connectivity index (χ1n) is 10.3. The summed E-state index contributed by atoms with van der Waals surface area (Å²) in [6.45, 7) is 2.60. The third kappa shape index (κ3) is 6.96. The third-order valence-electron chi connectivity index (χ3n) is 5.41. The number of aliphatic hydroxyl groups excluding tert-OH is 1. The van der Waals surface area contributed by atoms with Crippen LogP contribution < -0.4 is 21.3 Å². The Balaban J connectivity index is 1.91. The van der Waals surface area contributed by atoms with Crippen LogP contribution in [0.15, 0.2) is 0 Å². The number of amides is 4. The molecule has 2 fully saturated rings. The summed E-state index contributed by atoms with van der Waals surface area (Å²) >= 11 is 0. The minimum atomic E-state index is -1.29. The van der Waals surface area contributed by atoms with Crippen LogP contribution in [0.1, 0.15) is 46.0 Å². The number of rotatable bonds is 9. The van der Waals surface area contributed by atoms with Crippen LogP contribution in [0.4, 0.5) is 0 Å². The molecule has 168 valence electrons. The number of nitrogens with one attached hydrogen (secondary N) is 4. The van der Waals surface area contributed by atoms with Gasteiger partial charge in [-0.25, -0.2) is 0 Å². The van der Waals surface area contributed by atoms with Crippen molar-refractivity contribution in [3.05, 3.63) is 0 Å². The molecular weight excluding hydrogens is 395 g/mol. The lowest BCUT2D eigenvalue weighted by Gasteiger charge is -2.27. The van der Waals surface area contributed by atoms with Crippen LogP contribution >= 0.6 is 0 Å². The van der Waals surface area contributed by atoms with Crippen molar-refractivity contribution < 1.29 is 34.0 Å². The first-order valence-corrected chi connectivity index (χ1v) is 10.3. The Hall–Kier alpha value is -2.18. The van der Waals surface area contributed by atoms with Gasteiger partial charge in [0.1, 0.15) is 12.1 Å². The van der Waals surface area contributed by atoms with Crippen LogP contribution in [-0.2, 0) is 23.8 Å². The summed E-state index contributed by atoms with van der Waals surface area (Å²) in [7, 11) is -1.09. The number of hydrogen-bond acceptors (Lipinski definition) is 7. The van der Waals surface area contributed by atoms with E-state index >= 15 is 0 Å². The van der Waals surface area contributed by atoms with E-state index in [4.69, 9.17) is 4.65 Å². The molecule has 0 aromatic heterocycles. The third-order valence-corrected chi connectivity index (χ3v) is 5.41. The summed E-state index contributed by atoms with van der Waals surface area (Å²) in [6.07, 6.45) is 2.75. The minimum absolute atomic E-state index is 0.0301. The van der Waals surface area contributed by atoms with Gasteiger partial charge in [-0.2, -0.15) is 0 Å².